The Bertz CT molecular complexity index is 767. The van der Waals surface area contributed by atoms with Gasteiger partial charge in [0.25, 0.3) is 0 Å². The summed E-state index contributed by atoms with van der Waals surface area (Å²) in [5.74, 6) is 0.277. The number of aliphatic hydroxyl groups excluding tert-OH is 2. The second kappa shape index (κ2) is 5.77. The molecule has 0 aliphatic heterocycles. The van der Waals surface area contributed by atoms with Gasteiger partial charge in [-0.3, -0.25) is 9.59 Å². The van der Waals surface area contributed by atoms with Crippen LogP contribution in [0.5, 0.6) is 0 Å². The van der Waals surface area contributed by atoms with Crippen LogP contribution in [0.25, 0.3) is 0 Å². The van der Waals surface area contributed by atoms with Crippen LogP contribution in [-0.2, 0) is 9.59 Å². The van der Waals surface area contributed by atoms with E-state index in [9.17, 15) is 24.9 Å². The predicted octanol–water partition coefficient (Wildman–Crippen LogP) is 2.72. The molecule has 3 saturated carbocycles. The van der Waals surface area contributed by atoms with Gasteiger partial charge in [0.05, 0.1) is 5.41 Å². The van der Waals surface area contributed by atoms with Crippen molar-refractivity contribution in [3.63, 3.8) is 0 Å². The lowest BCUT2D eigenvalue weighted by atomic mass is 9.45. The molecule has 0 saturated heterocycles. The second-order valence-electron chi connectivity index (χ2n) is 9.69. The minimum absolute atomic E-state index is 0.0256. The first-order chi connectivity index (χ1) is 12.6. The Kier molecular flexibility index (Phi) is 4.04. The van der Waals surface area contributed by atoms with E-state index in [0.29, 0.717) is 12.8 Å². The maximum atomic E-state index is 13.0. The van der Waals surface area contributed by atoms with Crippen LogP contribution >= 0.6 is 0 Å². The van der Waals surface area contributed by atoms with Gasteiger partial charge in [0, 0.05) is 11.5 Å². The molecule has 5 heteroatoms. The molecule has 4 rings (SSSR count). The van der Waals surface area contributed by atoms with Crippen molar-refractivity contribution in [2.24, 2.45) is 34.5 Å². The molecular weight excluding hydrogens is 344 g/mol. The third kappa shape index (κ3) is 2.18. The Morgan fingerprint density at radius 3 is 2.52 bits per heavy atom. The molecule has 0 spiro atoms. The number of Topliss-reactive ketones (excluding diaryl/α,β-unsaturated/α-hetero) is 1. The molecule has 4 aliphatic carbocycles. The molecule has 3 N–H and O–H groups in total. The summed E-state index contributed by atoms with van der Waals surface area (Å²) in [6.45, 7) is 5.50. The summed E-state index contributed by atoms with van der Waals surface area (Å²) >= 11 is 0. The first-order valence-electron chi connectivity index (χ1n) is 10.1. The van der Waals surface area contributed by atoms with Crippen LogP contribution in [0.1, 0.15) is 52.9 Å². The van der Waals surface area contributed by atoms with Crippen LogP contribution in [0, 0.1) is 34.5 Å². The van der Waals surface area contributed by atoms with E-state index in [-0.39, 0.29) is 35.2 Å². The number of hydrogen-bond donors (Lipinski definition) is 3. The highest BCUT2D eigenvalue weighted by Crippen LogP contribution is 2.67. The standard InChI is InChI=1S/C22H30O5/c1-12-8-14-15-5-7-22(27,19(26)11-23)20(15,2)6-4-16(14)21(3)17(12)9-13(24)10-18(21)25/h9-10,12,14-16,23-24,27H,4-8,11H2,1-3H3. The van der Waals surface area contributed by atoms with E-state index in [1.807, 2.05) is 13.8 Å². The molecule has 0 amide bonds. The van der Waals surface area contributed by atoms with Gasteiger partial charge >= 0.3 is 0 Å². The third-order valence-corrected chi connectivity index (χ3v) is 8.79. The van der Waals surface area contributed by atoms with Gasteiger partial charge in [0.15, 0.2) is 11.6 Å². The highest BCUT2D eigenvalue weighted by molar-refractivity contribution is 5.99. The number of aliphatic hydroxyl groups is 3. The normalized spacial score (nSPS) is 48.9. The van der Waals surface area contributed by atoms with Crippen molar-refractivity contribution >= 4 is 11.6 Å². The van der Waals surface area contributed by atoms with E-state index >= 15 is 0 Å². The topological polar surface area (TPSA) is 94.8 Å². The number of carbonyl (C=O) groups excluding carboxylic acids is 2. The number of allylic oxidation sites excluding steroid dienone is 3. The maximum Gasteiger partial charge on any atom is 0.190 e. The van der Waals surface area contributed by atoms with Crippen LogP contribution in [-0.4, -0.2) is 39.1 Å². The summed E-state index contributed by atoms with van der Waals surface area (Å²) in [7, 11) is 0. The number of carbonyl (C=O) groups is 2. The maximum absolute atomic E-state index is 13.0. The van der Waals surface area contributed by atoms with E-state index in [0.717, 1.165) is 24.8 Å². The molecule has 27 heavy (non-hydrogen) atoms. The largest absolute Gasteiger partial charge is 0.508 e. The Morgan fingerprint density at radius 1 is 1.19 bits per heavy atom. The first kappa shape index (κ1) is 18.9. The van der Waals surface area contributed by atoms with E-state index in [1.54, 1.807) is 6.08 Å². The number of hydrogen-bond acceptors (Lipinski definition) is 5. The molecule has 0 aromatic heterocycles. The molecule has 3 fully saturated rings. The average Bonchev–Trinajstić information content (AvgIpc) is 2.89. The highest BCUT2D eigenvalue weighted by Gasteiger charge is 2.67. The van der Waals surface area contributed by atoms with Crippen LogP contribution in [0.15, 0.2) is 23.5 Å². The van der Waals surface area contributed by atoms with Crippen LogP contribution in [0.2, 0.25) is 0 Å². The Morgan fingerprint density at radius 2 is 1.85 bits per heavy atom. The summed E-state index contributed by atoms with van der Waals surface area (Å²) < 4.78 is 0. The Labute approximate surface area is 160 Å². The van der Waals surface area contributed by atoms with Crippen molar-refractivity contribution in [2.45, 2.75) is 58.5 Å². The quantitative estimate of drug-likeness (QED) is 0.691. The molecule has 5 nitrogen and oxygen atoms in total. The summed E-state index contributed by atoms with van der Waals surface area (Å²) in [4.78, 5) is 25.4. The zero-order chi connectivity index (χ0) is 19.8. The van der Waals surface area contributed by atoms with Crippen LogP contribution < -0.4 is 0 Å². The molecular formula is C22H30O5. The molecule has 0 aromatic rings. The van der Waals surface area contributed by atoms with E-state index in [1.165, 1.54) is 6.08 Å². The molecule has 0 aromatic carbocycles. The van der Waals surface area contributed by atoms with Crippen LogP contribution in [0.4, 0.5) is 0 Å². The Balaban J connectivity index is 1.75. The summed E-state index contributed by atoms with van der Waals surface area (Å²) in [5, 5.41) is 30.6. The fraction of sp³-hybridized carbons (Fsp3) is 0.727. The SMILES string of the molecule is CC1CC2C(CCC3(C)C2CCC3(O)C(=O)CO)C2(C)C(=O)C=C(O)C=C12. The average molecular weight is 374 g/mol. The minimum Gasteiger partial charge on any atom is -0.508 e. The van der Waals surface area contributed by atoms with Crippen molar-refractivity contribution in [2.75, 3.05) is 6.61 Å². The number of rotatable bonds is 2. The number of ketones is 2. The lowest BCUT2D eigenvalue weighted by Crippen LogP contribution is -2.59. The molecule has 0 heterocycles. The smallest absolute Gasteiger partial charge is 0.190 e. The van der Waals surface area contributed by atoms with Crippen molar-refractivity contribution < 1.29 is 24.9 Å². The third-order valence-electron chi connectivity index (χ3n) is 8.79. The lowest BCUT2D eigenvalue weighted by Gasteiger charge is -2.59. The summed E-state index contributed by atoms with van der Waals surface area (Å²) in [6.07, 6.45) is 6.59. The minimum atomic E-state index is -1.47. The molecule has 148 valence electrons. The molecule has 0 radical (unpaired) electrons. The fourth-order valence-corrected chi connectivity index (χ4v) is 7.30. The molecule has 4 aliphatic rings. The van der Waals surface area contributed by atoms with Gasteiger partial charge in [-0.15, -0.1) is 0 Å². The van der Waals surface area contributed by atoms with Gasteiger partial charge in [-0.1, -0.05) is 13.8 Å². The molecule has 0 bridgehead atoms. The molecule has 7 unspecified atom stereocenters. The lowest BCUT2D eigenvalue weighted by molar-refractivity contribution is -0.166. The van der Waals surface area contributed by atoms with Crippen molar-refractivity contribution in [1.29, 1.82) is 0 Å². The van der Waals surface area contributed by atoms with E-state index in [4.69, 9.17) is 0 Å². The summed E-state index contributed by atoms with van der Waals surface area (Å²) in [5.41, 5.74) is -1.61. The van der Waals surface area contributed by atoms with Crippen molar-refractivity contribution in [1.82, 2.24) is 0 Å². The molecule has 7 atom stereocenters. The van der Waals surface area contributed by atoms with Gasteiger partial charge in [-0.05, 0) is 74.3 Å². The Hall–Kier alpha value is -1.46. The zero-order valence-electron chi connectivity index (χ0n) is 16.4. The predicted molar refractivity (Wildman–Crippen MR) is 99.8 cm³/mol. The highest BCUT2D eigenvalue weighted by atomic mass is 16.3. The van der Waals surface area contributed by atoms with Gasteiger partial charge in [0.1, 0.15) is 18.0 Å². The van der Waals surface area contributed by atoms with E-state index < -0.39 is 28.8 Å². The van der Waals surface area contributed by atoms with Crippen LogP contribution in [0.3, 0.4) is 0 Å². The van der Waals surface area contributed by atoms with Crippen molar-refractivity contribution in [3.05, 3.63) is 23.5 Å². The monoisotopic (exact) mass is 374 g/mol. The first-order valence-corrected chi connectivity index (χ1v) is 10.1. The zero-order valence-corrected chi connectivity index (χ0v) is 16.4. The van der Waals surface area contributed by atoms with Crippen molar-refractivity contribution in [3.8, 4) is 0 Å². The van der Waals surface area contributed by atoms with Gasteiger partial charge in [-0.25, -0.2) is 0 Å². The number of fused-ring (bicyclic) bond motifs is 5. The van der Waals surface area contributed by atoms with Gasteiger partial charge < -0.3 is 15.3 Å². The summed E-state index contributed by atoms with van der Waals surface area (Å²) in [6, 6.07) is 0. The van der Waals surface area contributed by atoms with Gasteiger partial charge in [-0.2, -0.15) is 0 Å². The fourth-order valence-electron chi connectivity index (χ4n) is 7.30. The van der Waals surface area contributed by atoms with E-state index in [2.05, 4.69) is 6.92 Å². The van der Waals surface area contributed by atoms with Gasteiger partial charge in [0.2, 0.25) is 0 Å². The second-order valence-corrected chi connectivity index (χ2v) is 9.69.